The fourth-order valence-electron chi connectivity index (χ4n) is 5.07. The number of nitrogens with one attached hydrogen (secondary N) is 1. The van der Waals surface area contributed by atoms with Crippen LogP contribution in [0.5, 0.6) is 5.75 Å². The molecule has 0 bridgehead atoms. The van der Waals surface area contributed by atoms with E-state index in [0.29, 0.717) is 31.1 Å². The third-order valence-electron chi connectivity index (χ3n) is 6.84. The first kappa shape index (κ1) is 26.2. The highest BCUT2D eigenvalue weighted by Gasteiger charge is 2.32. The summed E-state index contributed by atoms with van der Waals surface area (Å²) in [5.74, 6) is 1.72. The first-order chi connectivity index (χ1) is 18.7. The van der Waals surface area contributed by atoms with E-state index in [-0.39, 0.29) is 12.6 Å². The summed E-state index contributed by atoms with van der Waals surface area (Å²) in [6, 6.07) is 8.53. The molecule has 2 aliphatic heterocycles. The maximum absolute atomic E-state index is 13.2. The molecule has 0 aliphatic carbocycles. The van der Waals surface area contributed by atoms with Crippen LogP contribution in [-0.2, 0) is 22.5 Å². The van der Waals surface area contributed by atoms with Crippen molar-refractivity contribution < 1.29 is 19.1 Å². The number of rotatable bonds is 6. The molecule has 5 rings (SSSR count). The van der Waals surface area contributed by atoms with Crippen molar-refractivity contribution in [3.05, 3.63) is 47.9 Å². The maximum atomic E-state index is 13.2. The van der Waals surface area contributed by atoms with Crippen LogP contribution < -0.4 is 15.0 Å². The first-order valence-electron chi connectivity index (χ1n) is 13.1. The summed E-state index contributed by atoms with van der Waals surface area (Å²) in [6.45, 7) is 7.22. The van der Waals surface area contributed by atoms with Crippen molar-refractivity contribution in [2.75, 3.05) is 24.6 Å². The van der Waals surface area contributed by atoms with Crippen LogP contribution >= 0.6 is 0 Å². The van der Waals surface area contributed by atoms with Gasteiger partial charge in [-0.25, -0.2) is 9.78 Å². The van der Waals surface area contributed by atoms with Crippen molar-refractivity contribution in [3.63, 3.8) is 0 Å². The third kappa shape index (κ3) is 5.72. The Balaban J connectivity index is 1.27. The first-order valence-corrected chi connectivity index (χ1v) is 13.1. The monoisotopic (exact) mass is 532 g/mol. The Morgan fingerprint density at radius 3 is 2.87 bits per heavy atom. The van der Waals surface area contributed by atoms with Gasteiger partial charge in [-0.15, -0.1) is 0 Å². The van der Waals surface area contributed by atoms with Crippen molar-refractivity contribution in [2.24, 2.45) is 0 Å². The van der Waals surface area contributed by atoms with Gasteiger partial charge < -0.3 is 19.3 Å². The fraction of sp³-hybridized carbons (Fsp3) is 0.481. The van der Waals surface area contributed by atoms with Crippen LogP contribution in [0.4, 0.5) is 10.6 Å². The molecule has 2 amide bonds. The summed E-state index contributed by atoms with van der Waals surface area (Å²) in [5.41, 5.74) is 1.28. The lowest BCUT2D eigenvalue weighted by Crippen LogP contribution is -2.50. The van der Waals surface area contributed by atoms with Crippen molar-refractivity contribution in [3.8, 4) is 11.8 Å². The predicted octanol–water partition coefficient (Wildman–Crippen LogP) is 2.47. The zero-order valence-corrected chi connectivity index (χ0v) is 22.3. The van der Waals surface area contributed by atoms with Crippen LogP contribution in [0, 0.1) is 11.3 Å². The second kappa shape index (κ2) is 10.8. The number of carbonyl (C=O) groups excluding carboxylic acids is 2. The number of carbonyl (C=O) groups is 2. The topological polar surface area (TPSA) is 138 Å². The van der Waals surface area contributed by atoms with Gasteiger partial charge in [0, 0.05) is 31.4 Å². The number of hydrogen-bond acceptors (Lipinski definition) is 9. The highest BCUT2D eigenvalue weighted by molar-refractivity contribution is 5.88. The molecule has 2 aliphatic rings. The molecule has 204 valence electrons. The number of nitrogens with zero attached hydrogens (tertiary/aromatic N) is 7. The van der Waals surface area contributed by atoms with Crippen molar-refractivity contribution in [2.45, 2.75) is 64.3 Å². The van der Waals surface area contributed by atoms with E-state index in [1.54, 1.807) is 36.4 Å². The zero-order valence-electron chi connectivity index (χ0n) is 22.3. The Bertz CT molecular complexity index is 1410. The molecule has 1 saturated heterocycles. The number of aromatic nitrogens is 4. The van der Waals surface area contributed by atoms with Crippen LogP contribution in [0.25, 0.3) is 5.78 Å². The highest BCUT2D eigenvalue weighted by Crippen LogP contribution is 2.31. The Morgan fingerprint density at radius 1 is 1.23 bits per heavy atom. The summed E-state index contributed by atoms with van der Waals surface area (Å²) in [7, 11) is 0. The van der Waals surface area contributed by atoms with Crippen LogP contribution in [0.1, 0.15) is 44.7 Å². The number of fused-ring (bicyclic) bond motifs is 2. The van der Waals surface area contributed by atoms with Gasteiger partial charge >= 0.3 is 6.09 Å². The van der Waals surface area contributed by atoms with Gasteiger partial charge in [0.2, 0.25) is 0 Å². The standard InChI is InChI=1S/C27H32N8O4/c1-27(2,3)39-26(37)32-21(14-28)24(36)33-13-10-18-6-4-8-22(20(18)15-33)38-16-19-7-5-12-34(19)23-9-11-29-25-30-17-31-35(23)25/h4,6,8-9,11,17,19,21H,5,7,10,12-13,15-16H2,1-3H3,(H,32,37)/t19-,21?/m1/s1. The van der Waals surface area contributed by atoms with Gasteiger partial charge in [0.15, 0.2) is 6.04 Å². The molecule has 0 radical (unpaired) electrons. The average molecular weight is 533 g/mol. The second-order valence-corrected chi connectivity index (χ2v) is 10.7. The number of amides is 2. The summed E-state index contributed by atoms with van der Waals surface area (Å²) >= 11 is 0. The predicted molar refractivity (Wildman–Crippen MR) is 141 cm³/mol. The Kier molecular flexibility index (Phi) is 7.24. The smallest absolute Gasteiger partial charge is 0.409 e. The molecule has 12 nitrogen and oxygen atoms in total. The molecule has 39 heavy (non-hydrogen) atoms. The van der Waals surface area contributed by atoms with E-state index >= 15 is 0 Å². The number of alkyl carbamates (subject to hydrolysis) is 1. The minimum atomic E-state index is -1.34. The molecule has 2 atom stereocenters. The third-order valence-corrected chi connectivity index (χ3v) is 6.84. The van der Waals surface area contributed by atoms with Crippen LogP contribution in [0.3, 0.4) is 0 Å². The molecule has 1 N–H and O–H groups in total. The molecular formula is C27H32N8O4. The lowest BCUT2D eigenvalue weighted by molar-refractivity contribution is -0.133. The molecule has 1 fully saturated rings. The average Bonchev–Trinajstić information content (AvgIpc) is 3.58. The lowest BCUT2D eigenvalue weighted by Gasteiger charge is -2.32. The maximum Gasteiger partial charge on any atom is 0.409 e. The molecule has 4 heterocycles. The van der Waals surface area contributed by atoms with E-state index in [1.165, 1.54) is 6.33 Å². The fourth-order valence-corrected chi connectivity index (χ4v) is 5.07. The van der Waals surface area contributed by atoms with E-state index in [1.807, 2.05) is 30.3 Å². The van der Waals surface area contributed by atoms with E-state index in [9.17, 15) is 14.9 Å². The van der Waals surface area contributed by atoms with Gasteiger partial charge in [-0.2, -0.15) is 19.9 Å². The summed E-state index contributed by atoms with van der Waals surface area (Å²) in [4.78, 5) is 37.6. The number of benzene rings is 1. The minimum Gasteiger partial charge on any atom is -0.491 e. The van der Waals surface area contributed by atoms with Crippen LogP contribution in [0.2, 0.25) is 0 Å². The molecule has 0 saturated carbocycles. The quantitative estimate of drug-likeness (QED) is 0.507. The second-order valence-electron chi connectivity index (χ2n) is 10.7. The highest BCUT2D eigenvalue weighted by atomic mass is 16.6. The van der Waals surface area contributed by atoms with Crippen LogP contribution in [0.15, 0.2) is 36.8 Å². The largest absolute Gasteiger partial charge is 0.491 e. The number of anilines is 1. The van der Waals surface area contributed by atoms with Crippen LogP contribution in [-0.4, -0.2) is 73.9 Å². The summed E-state index contributed by atoms with van der Waals surface area (Å²) in [6.07, 6.45) is 5.06. The zero-order chi connectivity index (χ0) is 27.6. The molecular weight excluding hydrogens is 500 g/mol. The molecule has 3 aromatic rings. The van der Waals surface area contributed by atoms with Gasteiger partial charge in [-0.05, 0) is 57.7 Å². The molecule has 1 unspecified atom stereocenters. The molecule has 1 aromatic carbocycles. The molecule has 12 heteroatoms. The number of hydrogen-bond donors (Lipinski definition) is 1. The Labute approximate surface area is 226 Å². The van der Waals surface area contributed by atoms with E-state index in [4.69, 9.17) is 9.47 Å². The van der Waals surface area contributed by atoms with E-state index < -0.39 is 23.6 Å². The van der Waals surface area contributed by atoms with Gasteiger partial charge in [-0.3, -0.25) is 10.1 Å². The van der Waals surface area contributed by atoms with Crippen molar-refractivity contribution in [1.29, 1.82) is 5.26 Å². The molecule has 0 spiro atoms. The van der Waals surface area contributed by atoms with Crippen molar-refractivity contribution >= 4 is 23.6 Å². The number of ether oxygens (including phenoxy) is 2. The van der Waals surface area contributed by atoms with E-state index in [2.05, 4.69) is 25.3 Å². The lowest BCUT2D eigenvalue weighted by atomic mass is 9.98. The Morgan fingerprint density at radius 2 is 2.08 bits per heavy atom. The van der Waals surface area contributed by atoms with Crippen molar-refractivity contribution in [1.82, 2.24) is 29.8 Å². The van der Waals surface area contributed by atoms with Gasteiger partial charge in [-0.1, -0.05) is 12.1 Å². The SMILES string of the molecule is CC(C)(C)OC(=O)NC(C#N)C(=O)N1CCc2cccc(OC[C@H]3CCCN3c3ccnc4ncnn34)c2C1. The Hall–Kier alpha value is -4.40. The minimum absolute atomic E-state index is 0.137. The normalized spacial score (nSPS) is 17.8. The summed E-state index contributed by atoms with van der Waals surface area (Å²) < 4.78 is 13.3. The van der Waals surface area contributed by atoms with E-state index in [0.717, 1.165) is 36.3 Å². The number of nitriles is 1. The summed E-state index contributed by atoms with van der Waals surface area (Å²) in [5, 5.41) is 16.3. The van der Waals surface area contributed by atoms with Gasteiger partial charge in [0.05, 0.1) is 12.1 Å². The van der Waals surface area contributed by atoms with Gasteiger partial charge in [0.1, 0.15) is 30.1 Å². The molecule has 2 aromatic heterocycles. The van der Waals surface area contributed by atoms with Gasteiger partial charge in [0.25, 0.3) is 11.7 Å².